The summed E-state index contributed by atoms with van der Waals surface area (Å²) in [6.45, 7) is 2.41. The molecule has 1 saturated carbocycles. The van der Waals surface area contributed by atoms with Crippen molar-refractivity contribution in [2.75, 3.05) is 0 Å². The second kappa shape index (κ2) is 13.1. The van der Waals surface area contributed by atoms with E-state index in [9.17, 15) is 14.7 Å². The van der Waals surface area contributed by atoms with Gasteiger partial charge in [0.1, 0.15) is 0 Å². The van der Waals surface area contributed by atoms with E-state index in [1.54, 1.807) is 0 Å². The zero-order chi connectivity index (χ0) is 20.1. The van der Waals surface area contributed by atoms with Crippen LogP contribution in [0.3, 0.4) is 0 Å². The summed E-state index contributed by atoms with van der Waals surface area (Å²) in [7, 11) is 0. The molecule has 0 amide bonds. The highest BCUT2D eigenvalue weighted by Gasteiger charge is 2.32. The van der Waals surface area contributed by atoms with Gasteiger partial charge in [0.2, 0.25) is 0 Å². The second-order valence-electron chi connectivity index (χ2n) is 8.75. The van der Waals surface area contributed by atoms with E-state index in [2.05, 4.69) is 6.92 Å². The number of carboxylic acids is 2. The normalized spacial score (nSPS) is 20.5. The Morgan fingerprint density at radius 2 is 1.30 bits per heavy atom. The molecule has 1 aliphatic carbocycles. The van der Waals surface area contributed by atoms with Crippen LogP contribution in [0.5, 0.6) is 0 Å². The Kier molecular flexibility index (Phi) is 11.7. The maximum absolute atomic E-state index is 10.8. The van der Waals surface area contributed by atoms with Gasteiger partial charge >= 0.3 is 11.9 Å². The van der Waals surface area contributed by atoms with Crippen molar-refractivity contribution in [1.29, 1.82) is 0 Å². The van der Waals surface area contributed by atoms with Crippen LogP contribution in [0, 0.1) is 11.8 Å². The van der Waals surface area contributed by atoms with Crippen LogP contribution in [0.2, 0.25) is 0 Å². The molecule has 2 unspecified atom stereocenters. The summed E-state index contributed by atoms with van der Waals surface area (Å²) in [5.41, 5.74) is -1.62. The van der Waals surface area contributed by atoms with Crippen molar-refractivity contribution in [1.82, 2.24) is 0 Å². The highest BCUT2D eigenvalue weighted by Crippen LogP contribution is 2.33. The molecule has 5 nitrogen and oxygen atoms in total. The minimum Gasteiger partial charge on any atom is -0.481 e. The van der Waals surface area contributed by atoms with E-state index in [1.807, 2.05) is 0 Å². The van der Waals surface area contributed by atoms with E-state index < -0.39 is 30.4 Å². The third-order valence-electron chi connectivity index (χ3n) is 6.22. The van der Waals surface area contributed by atoms with E-state index in [4.69, 9.17) is 10.2 Å². The SMILES string of the molecule is CC1CCCCC1CCCCCCCCCCC(O)(CC(=O)O)CC(=O)O. The lowest BCUT2D eigenvalue weighted by Gasteiger charge is -2.28. The van der Waals surface area contributed by atoms with E-state index in [1.165, 1.54) is 57.8 Å². The smallest absolute Gasteiger partial charge is 0.306 e. The monoisotopic (exact) mass is 384 g/mol. The largest absolute Gasteiger partial charge is 0.481 e. The van der Waals surface area contributed by atoms with Crippen molar-refractivity contribution in [2.45, 2.75) is 115 Å². The van der Waals surface area contributed by atoms with Crippen LogP contribution in [-0.4, -0.2) is 32.9 Å². The number of hydrogen-bond acceptors (Lipinski definition) is 3. The fraction of sp³-hybridized carbons (Fsp3) is 0.909. The number of carbonyl (C=O) groups is 2. The molecule has 1 fully saturated rings. The van der Waals surface area contributed by atoms with Gasteiger partial charge in [0.05, 0.1) is 18.4 Å². The number of aliphatic carboxylic acids is 2. The summed E-state index contributed by atoms with van der Waals surface area (Å²) >= 11 is 0. The van der Waals surface area contributed by atoms with Gasteiger partial charge in [0.15, 0.2) is 0 Å². The Morgan fingerprint density at radius 1 is 0.815 bits per heavy atom. The molecule has 0 aromatic rings. The first-order chi connectivity index (χ1) is 12.8. The highest BCUT2D eigenvalue weighted by atomic mass is 16.4. The van der Waals surface area contributed by atoms with Crippen LogP contribution in [0.1, 0.15) is 110 Å². The molecule has 158 valence electrons. The van der Waals surface area contributed by atoms with Gasteiger partial charge in [-0.3, -0.25) is 9.59 Å². The molecule has 0 bridgehead atoms. The molecular weight excluding hydrogens is 344 g/mol. The van der Waals surface area contributed by atoms with Crippen molar-refractivity contribution in [3.63, 3.8) is 0 Å². The zero-order valence-electron chi connectivity index (χ0n) is 17.1. The zero-order valence-corrected chi connectivity index (χ0v) is 17.1. The molecule has 3 N–H and O–H groups in total. The van der Waals surface area contributed by atoms with Gasteiger partial charge in [-0.15, -0.1) is 0 Å². The average Bonchev–Trinajstić information content (AvgIpc) is 2.56. The Hall–Kier alpha value is -1.10. The molecule has 0 aromatic heterocycles. The molecule has 0 radical (unpaired) electrons. The van der Waals surface area contributed by atoms with E-state index in [0.29, 0.717) is 6.42 Å². The van der Waals surface area contributed by atoms with Gasteiger partial charge in [0.25, 0.3) is 0 Å². The first kappa shape index (κ1) is 23.9. The van der Waals surface area contributed by atoms with Gasteiger partial charge in [-0.2, -0.15) is 0 Å². The summed E-state index contributed by atoms with van der Waals surface area (Å²) < 4.78 is 0. The molecule has 27 heavy (non-hydrogen) atoms. The maximum atomic E-state index is 10.8. The summed E-state index contributed by atoms with van der Waals surface area (Å²) in [5, 5.41) is 27.9. The standard InChI is InChI=1S/C22H40O5/c1-18-12-9-10-14-19(18)13-8-6-4-2-3-5-7-11-15-22(27,16-20(23)24)17-21(25)26/h18-19,27H,2-17H2,1H3,(H,23,24)(H,25,26). The quantitative estimate of drug-likeness (QED) is 0.329. The average molecular weight is 385 g/mol. The molecule has 1 aliphatic rings. The van der Waals surface area contributed by atoms with Crippen molar-refractivity contribution in [2.24, 2.45) is 11.8 Å². The third-order valence-corrected chi connectivity index (χ3v) is 6.22. The number of carboxylic acid groups (broad SMARTS) is 2. The lowest BCUT2D eigenvalue weighted by atomic mass is 9.78. The Balaban J connectivity index is 2.01. The van der Waals surface area contributed by atoms with E-state index in [-0.39, 0.29) is 6.42 Å². The van der Waals surface area contributed by atoms with E-state index in [0.717, 1.165) is 31.1 Å². The molecular formula is C22H40O5. The van der Waals surface area contributed by atoms with Gasteiger partial charge in [0, 0.05) is 0 Å². The number of unbranched alkanes of at least 4 members (excludes halogenated alkanes) is 7. The first-order valence-corrected chi connectivity index (χ1v) is 11.0. The first-order valence-electron chi connectivity index (χ1n) is 11.0. The molecule has 0 spiro atoms. The Labute approximate surface area is 164 Å². The Bertz CT molecular complexity index is 418. The summed E-state index contributed by atoms with van der Waals surface area (Å²) in [6.07, 6.45) is 15.3. The molecule has 5 heteroatoms. The lowest BCUT2D eigenvalue weighted by Crippen LogP contribution is -2.34. The molecule has 0 saturated heterocycles. The fourth-order valence-electron chi connectivity index (χ4n) is 4.55. The van der Waals surface area contributed by atoms with Crippen LogP contribution in [0.25, 0.3) is 0 Å². The van der Waals surface area contributed by atoms with Gasteiger partial charge < -0.3 is 15.3 Å². The Morgan fingerprint density at radius 3 is 1.81 bits per heavy atom. The number of rotatable bonds is 15. The fourth-order valence-corrected chi connectivity index (χ4v) is 4.55. The van der Waals surface area contributed by atoms with Gasteiger partial charge in [-0.05, 0) is 18.3 Å². The van der Waals surface area contributed by atoms with E-state index >= 15 is 0 Å². The summed E-state index contributed by atoms with van der Waals surface area (Å²) in [4.78, 5) is 21.6. The predicted octanol–water partition coefficient (Wildman–Crippen LogP) is 5.39. The predicted molar refractivity (Wildman–Crippen MR) is 107 cm³/mol. The van der Waals surface area contributed by atoms with Crippen LogP contribution in [-0.2, 0) is 9.59 Å². The third kappa shape index (κ3) is 11.4. The minimum absolute atomic E-state index is 0.241. The minimum atomic E-state index is -1.62. The maximum Gasteiger partial charge on any atom is 0.306 e. The van der Waals surface area contributed by atoms with Crippen molar-refractivity contribution < 1.29 is 24.9 Å². The van der Waals surface area contributed by atoms with Crippen molar-refractivity contribution in [3.05, 3.63) is 0 Å². The lowest BCUT2D eigenvalue weighted by molar-refractivity contribution is -0.149. The molecule has 1 rings (SSSR count). The highest BCUT2D eigenvalue weighted by molar-refractivity contribution is 5.72. The second-order valence-corrected chi connectivity index (χ2v) is 8.75. The molecule has 2 atom stereocenters. The van der Waals surface area contributed by atoms with Crippen LogP contribution >= 0.6 is 0 Å². The molecule has 0 heterocycles. The molecule has 0 aliphatic heterocycles. The van der Waals surface area contributed by atoms with Crippen molar-refractivity contribution in [3.8, 4) is 0 Å². The van der Waals surface area contributed by atoms with Crippen LogP contribution in [0.4, 0.5) is 0 Å². The molecule has 0 aromatic carbocycles. The van der Waals surface area contributed by atoms with Gasteiger partial charge in [-0.1, -0.05) is 90.4 Å². The number of aliphatic hydroxyl groups is 1. The number of hydrogen-bond donors (Lipinski definition) is 3. The van der Waals surface area contributed by atoms with Crippen LogP contribution < -0.4 is 0 Å². The summed E-state index contributed by atoms with van der Waals surface area (Å²) in [5.74, 6) is -0.434. The topological polar surface area (TPSA) is 94.8 Å². The van der Waals surface area contributed by atoms with Crippen LogP contribution in [0.15, 0.2) is 0 Å². The van der Waals surface area contributed by atoms with Crippen molar-refractivity contribution >= 4 is 11.9 Å². The summed E-state index contributed by atoms with van der Waals surface area (Å²) in [6, 6.07) is 0. The van der Waals surface area contributed by atoms with Gasteiger partial charge in [-0.25, -0.2) is 0 Å².